The summed E-state index contributed by atoms with van der Waals surface area (Å²) < 4.78 is 5.05. The van der Waals surface area contributed by atoms with E-state index in [1.165, 1.54) is 0 Å². The van der Waals surface area contributed by atoms with Crippen molar-refractivity contribution < 1.29 is 14.3 Å². The van der Waals surface area contributed by atoms with E-state index < -0.39 is 0 Å². The second-order valence-corrected chi connectivity index (χ2v) is 6.18. The zero-order chi connectivity index (χ0) is 15.7. The van der Waals surface area contributed by atoms with Crippen LogP contribution in [0.3, 0.4) is 0 Å². The van der Waals surface area contributed by atoms with Gasteiger partial charge in [0, 0.05) is 31.3 Å². The van der Waals surface area contributed by atoms with Crippen molar-refractivity contribution >= 4 is 11.8 Å². The molecule has 1 saturated carbocycles. The number of hydrogen-bond donors (Lipinski definition) is 1. The van der Waals surface area contributed by atoms with E-state index in [4.69, 9.17) is 4.74 Å². The van der Waals surface area contributed by atoms with E-state index in [0.717, 1.165) is 12.0 Å². The van der Waals surface area contributed by atoms with Crippen LogP contribution < -0.4 is 10.1 Å². The molecule has 0 bridgehead atoms. The summed E-state index contributed by atoms with van der Waals surface area (Å²) >= 11 is 0. The zero-order valence-electron chi connectivity index (χ0n) is 12.9. The van der Waals surface area contributed by atoms with Crippen molar-refractivity contribution in [1.82, 2.24) is 15.2 Å². The number of likely N-dealkylation sites (tertiary alicyclic amines) is 1. The summed E-state index contributed by atoms with van der Waals surface area (Å²) in [7, 11) is 1.55. The van der Waals surface area contributed by atoms with Crippen LogP contribution in [0.1, 0.15) is 25.3 Å². The molecule has 2 aliphatic rings. The maximum atomic E-state index is 12.1. The molecule has 6 nitrogen and oxygen atoms in total. The van der Waals surface area contributed by atoms with Gasteiger partial charge in [0.05, 0.1) is 19.6 Å². The van der Waals surface area contributed by atoms with Gasteiger partial charge in [0.2, 0.25) is 17.7 Å². The fourth-order valence-corrected chi connectivity index (χ4v) is 3.02. The molecule has 0 aromatic carbocycles. The monoisotopic (exact) mass is 303 g/mol. The highest BCUT2D eigenvalue weighted by Gasteiger charge is 2.44. The number of carbonyl (C=O) groups is 2. The third-order valence-electron chi connectivity index (χ3n) is 4.36. The Kier molecular flexibility index (Phi) is 4.00. The average Bonchev–Trinajstić information content (AvgIpc) is 3.09. The van der Waals surface area contributed by atoms with Crippen LogP contribution >= 0.6 is 0 Å². The topological polar surface area (TPSA) is 71.5 Å². The average molecular weight is 303 g/mol. The van der Waals surface area contributed by atoms with Gasteiger partial charge >= 0.3 is 0 Å². The Hall–Kier alpha value is -2.11. The number of ether oxygens (including phenoxy) is 1. The van der Waals surface area contributed by atoms with Crippen LogP contribution in [0.5, 0.6) is 5.88 Å². The first-order chi connectivity index (χ1) is 10.6. The van der Waals surface area contributed by atoms with Crippen molar-refractivity contribution in [3.63, 3.8) is 0 Å². The summed E-state index contributed by atoms with van der Waals surface area (Å²) in [6.45, 7) is 2.79. The SMILES string of the molecule is COc1cc(CC(=O)NC2CC(=O)N(C3CC3C)C2)ccn1. The van der Waals surface area contributed by atoms with Gasteiger partial charge in [0.1, 0.15) is 0 Å². The predicted octanol–water partition coefficient (Wildman–Crippen LogP) is 0.758. The lowest BCUT2D eigenvalue weighted by atomic mass is 10.1. The van der Waals surface area contributed by atoms with Crippen LogP contribution in [0.4, 0.5) is 0 Å². The van der Waals surface area contributed by atoms with Crippen LogP contribution in [0.2, 0.25) is 0 Å². The van der Waals surface area contributed by atoms with Gasteiger partial charge in [-0.05, 0) is 24.0 Å². The van der Waals surface area contributed by atoms with Crippen LogP contribution in [0.25, 0.3) is 0 Å². The van der Waals surface area contributed by atoms with Gasteiger partial charge in [-0.1, -0.05) is 6.92 Å². The van der Waals surface area contributed by atoms with Gasteiger partial charge in [-0.15, -0.1) is 0 Å². The second kappa shape index (κ2) is 5.94. The molecule has 3 rings (SSSR count). The number of amides is 2. The van der Waals surface area contributed by atoms with Gasteiger partial charge < -0.3 is 15.0 Å². The Morgan fingerprint density at radius 3 is 3.00 bits per heavy atom. The third-order valence-corrected chi connectivity index (χ3v) is 4.36. The van der Waals surface area contributed by atoms with Crippen molar-refractivity contribution in [2.75, 3.05) is 13.7 Å². The van der Waals surface area contributed by atoms with Crippen molar-refractivity contribution in [3.05, 3.63) is 23.9 Å². The second-order valence-electron chi connectivity index (χ2n) is 6.18. The number of rotatable bonds is 5. The Morgan fingerprint density at radius 1 is 1.55 bits per heavy atom. The summed E-state index contributed by atoms with van der Waals surface area (Å²) in [4.78, 5) is 30.1. The van der Waals surface area contributed by atoms with Gasteiger partial charge in [-0.3, -0.25) is 9.59 Å². The summed E-state index contributed by atoms with van der Waals surface area (Å²) in [6, 6.07) is 3.85. The molecule has 6 heteroatoms. The van der Waals surface area contributed by atoms with Gasteiger partial charge in [0.25, 0.3) is 0 Å². The van der Waals surface area contributed by atoms with Crippen LogP contribution in [-0.2, 0) is 16.0 Å². The molecule has 118 valence electrons. The van der Waals surface area contributed by atoms with E-state index >= 15 is 0 Å². The molecular weight excluding hydrogens is 282 g/mol. The van der Waals surface area contributed by atoms with E-state index in [2.05, 4.69) is 17.2 Å². The van der Waals surface area contributed by atoms with E-state index in [9.17, 15) is 9.59 Å². The van der Waals surface area contributed by atoms with Crippen LogP contribution in [0.15, 0.2) is 18.3 Å². The molecule has 1 N–H and O–H groups in total. The highest BCUT2D eigenvalue weighted by atomic mass is 16.5. The molecule has 2 fully saturated rings. The Balaban J connectivity index is 1.52. The van der Waals surface area contributed by atoms with Gasteiger partial charge in [-0.25, -0.2) is 4.98 Å². The molecule has 0 spiro atoms. The van der Waals surface area contributed by atoms with Crippen LogP contribution in [0, 0.1) is 5.92 Å². The lowest BCUT2D eigenvalue weighted by Gasteiger charge is -2.17. The van der Waals surface area contributed by atoms with Gasteiger partial charge in [-0.2, -0.15) is 0 Å². The fraction of sp³-hybridized carbons (Fsp3) is 0.562. The number of carbonyl (C=O) groups excluding carboxylic acids is 2. The molecule has 3 unspecified atom stereocenters. The van der Waals surface area contributed by atoms with Crippen molar-refractivity contribution in [2.45, 2.75) is 38.3 Å². The summed E-state index contributed by atoms with van der Waals surface area (Å²) in [5.41, 5.74) is 0.848. The molecule has 0 radical (unpaired) electrons. The first-order valence-corrected chi connectivity index (χ1v) is 7.64. The van der Waals surface area contributed by atoms with E-state index in [1.54, 1.807) is 25.4 Å². The molecule has 1 aromatic rings. The largest absolute Gasteiger partial charge is 0.481 e. The molecule has 3 atom stereocenters. The van der Waals surface area contributed by atoms with E-state index in [1.807, 2.05) is 4.90 Å². The molecule has 1 aromatic heterocycles. The maximum Gasteiger partial charge on any atom is 0.225 e. The number of aromatic nitrogens is 1. The van der Waals surface area contributed by atoms with Gasteiger partial charge in [0.15, 0.2) is 0 Å². The minimum Gasteiger partial charge on any atom is -0.481 e. The zero-order valence-corrected chi connectivity index (χ0v) is 12.9. The Bertz CT molecular complexity index is 590. The molecule has 22 heavy (non-hydrogen) atoms. The number of nitrogens with zero attached hydrogens (tertiary/aromatic N) is 2. The van der Waals surface area contributed by atoms with Crippen molar-refractivity contribution in [2.24, 2.45) is 5.92 Å². The smallest absolute Gasteiger partial charge is 0.225 e. The summed E-state index contributed by atoms with van der Waals surface area (Å²) in [6.07, 6.45) is 3.39. The first kappa shape index (κ1) is 14.8. The molecule has 2 amide bonds. The minimum absolute atomic E-state index is 0.0725. The lowest BCUT2D eigenvalue weighted by molar-refractivity contribution is -0.128. The molecule has 1 aliphatic heterocycles. The summed E-state index contributed by atoms with van der Waals surface area (Å²) in [5, 5.41) is 2.96. The first-order valence-electron chi connectivity index (χ1n) is 7.64. The summed E-state index contributed by atoms with van der Waals surface area (Å²) in [5.74, 6) is 1.18. The molecule has 1 saturated heterocycles. The number of methoxy groups -OCH3 is 1. The number of pyridine rings is 1. The molecule has 2 heterocycles. The highest BCUT2D eigenvalue weighted by Crippen LogP contribution is 2.37. The Labute approximate surface area is 129 Å². The van der Waals surface area contributed by atoms with Crippen LogP contribution in [-0.4, -0.2) is 47.4 Å². The number of nitrogens with one attached hydrogen (secondary N) is 1. The predicted molar refractivity (Wildman–Crippen MR) is 80.3 cm³/mol. The third kappa shape index (κ3) is 3.21. The fourth-order valence-electron chi connectivity index (χ4n) is 3.02. The minimum atomic E-state index is -0.0727. The Morgan fingerprint density at radius 2 is 2.32 bits per heavy atom. The van der Waals surface area contributed by atoms with E-state index in [-0.39, 0.29) is 24.3 Å². The van der Waals surface area contributed by atoms with Crippen molar-refractivity contribution in [1.29, 1.82) is 0 Å². The maximum absolute atomic E-state index is 12.1. The van der Waals surface area contributed by atoms with Crippen molar-refractivity contribution in [3.8, 4) is 5.88 Å². The molecule has 1 aliphatic carbocycles. The van der Waals surface area contributed by atoms with E-state index in [0.29, 0.717) is 30.8 Å². The quantitative estimate of drug-likeness (QED) is 0.871. The highest BCUT2D eigenvalue weighted by molar-refractivity contribution is 5.83. The standard InChI is InChI=1S/C16H21N3O3/c1-10-5-13(10)19-9-12(8-16(19)21)18-14(20)6-11-3-4-17-15(7-11)22-2/h3-4,7,10,12-13H,5-6,8-9H2,1-2H3,(H,18,20). The normalized spacial score (nSPS) is 26.9. The molecular formula is C16H21N3O3. The lowest BCUT2D eigenvalue weighted by Crippen LogP contribution is -2.38. The number of hydrogen-bond acceptors (Lipinski definition) is 4.